The first-order valence-electron chi connectivity index (χ1n) is 5.26. The average molecular weight is 218 g/mol. The van der Waals surface area contributed by atoms with Crippen molar-refractivity contribution in [2.75, 3.05) is 5.73 Å². The van der Waals surface area contributed by atoms with Crippen LogP contribution >= 0.6 is 11.8 Å². The van der Waals surface area contributed by atoms with Crippen molar-refractivity contribution < 1.29 is 0 Å². The molecule has 1 fully saturated rings. The molecule has 0 aliphatic heterocycles. The van der Waals surface area contributed by atoms with E-state index in [-0.39, 0.29) is 0 Å². The summed E-state index contributed by atoms with van der Waals surface area (Å²) in [7, 11) is 0. The standard InChI is InChI=1S/C12H14N2S/c13-8-9-5-6-11(7-12(9)14)15-10-3-1-2-4-10/h5-7,10H,1-4,14H2. The summed E-state index contributed by atoms with van der Waals surface area (Å²) in [4.78, 5) is 1.19. The lowest BCUT2D eigenvalue weighted by molar-refractivity contribution is 0.886. The first kappa shape index (κ1) is 10.4. The second-order valence-corrected chi connectivity index (χ2v) is 5.26. The quantitative estimate of drug-likeness (QED) is 0.776. The van der Waals surface area contributed by atoms with E-state index < -0.39 is 0 Å². The molecule has 0 saturated heterocycles. The third kappa shape index (κ3) is 2.45. The molecular weight excluding hydrogens is 204 g/mol. The molecular formula is C12H14N2S. The molecule has 1 aromatic rings. The first-order chi connectivity index (χ1) is 7.29. The summed E-state index contributed by atoms with van der Waals surface area (Å²) < 4.78 is 0. The lowest BCUT2D eigenvalue weighted by Crippen LogP contribution is -1.95. The van der Waals surface area contributed by atoms with E-state index in [4.69, 9.17) is 11.0 Å². The number of hydrogen-bond donors (Lipinski definition) is 1. The summed E-state index contributed by atoms with van der Waals surface area (Å²) in [5.41, 5.74) is 6.94. The van der Waals surface area contributed by atoms with E-state index in [2.05, 4.69) is 6.07 Å². The predicted molar refractivity (Wildman–Crippen MR) is 63.7 cm³/mol. The zero-order valence-corrected chi connectivity index (χ0v) is 9.39. The van der Waals surface area contributed by atoms with Crippen molar-refractivity contribution in [2.24, 2.45) is 0 Å². The number of nitrogens with zero attached hydrogens (tertiary/aromatic N) is 1. The number of nitrogens with two attached hydrogens (primary N) is 1. The molecule has 0 radical (unpaired) electrons. The molecule has 3 heteroatoms. The summed E-state index contributed by atoms with van der Waals surface area (Å²) in [6.07, 6.45) is 5.32. The van der Waals surface area contributed by atoms with Crippen molar-refractivity contribution in [1.82, 2.24) is 0 Å². The van der Waals surface area contributed by atoms with Crippen LogP contribution in [-0.2, 0) is 0 Å². The highest BCUT2D eigenvalue weighted by atomic mass is 32.2. The Balaban J connectivity index is 2.09. The fraction of sp³-hybridized carbons (Fsp3) is 0.417. The monoisotopic (exact) mass is 218 g/mol. The molecule has 0 spiro atoms. The van der Waals surface area contributed by atoms with Gasteiger partial charge < -0.3 is 5.73 Å². The van der Waals surface area contributed by atoms with Crippen LogP contribution in [0, 0.1) is 11.3 Å². The highest BCUT2D eigenvalue weighted by Crippen LogP contribution is 2.35. The Bertz CT molecular complexity index is 389. The van der Waals surface area contributed by atoms with E-state index in [0.29, 0.717) is 11.3 Å². The van der Waals surface area contributed by atoms with Crippen LogP contribution in [0.3, 0.4) is 0 Å². The largest absolute Gasteiger partial charge is 0.398 e. The smallest absolute Gasteiger partial charge is 0.101 e. The van der Waals surface area contributed by atoms with Crippen LogP contribution in [0.15, 0.2) is 23.1 Å². The van der Waals surface area contributed by atoms with E-state index >= 15 is 0 Å². The van der Waals surface area contributed by atoms with Gasteiger partial charge in [0.15, 0.2) is 0 Å². The Morgan fingerprint density at radius 2 is 2.07 bits per heavy atom. The lowest BCUT2D eigenvalue weighted by Gasteiger charge is -2.09. The van der Waals surface area contributed by atoms with Gasteiger partial charge in [-0.2, -0.15) is 5.26 Å². The molecule has 2 rings (SSSR count). The minimum Gasteiger partial charge on any atom is -0.398 e. The fourth-order valence-electron chi connectivity index (χ4n) is 1.91. The van der Waals surface area contributed by atoms with Gasteiger partial charge in [0.2, 0.25) is 0 Å². The maximum absolute atomic E-state index is 8.76. The van der Waals surface area contributed by atoms with Gasteiger partial charge in [-0.25, -0.2) is 0 Å². The summed E-state index contributed by atoms with van der Waals surface area (Å²) in [5, 5.41) is 9.50. The third-order valence-electron chi connectivity index (χ3n) is 2.75. The molecule has 1 aliphatic rings. The molecule has 1 aliphatic carbocycles. The van der Waals surface area contributed by atoms with Gasteiger partial charge in [0.1, 0.15) is 6.07 Å². The van der Waals surface area contributed by atoms with Crippen molar-refractivity contribution in [1.29, 1.82) is 5.26 Å². The van der Waals surface area contributed by atoms with Crippen molar-refractivity contribution >= 4 is 17.4 Å². The van der Waals surface area contributed by atoms with Gasteiger partial charge in [0.05, 0.1) is 11.3 Å². The molecule has 78 valence electrons. The van der Waals surface area contributed by atoms with Crippen LogP contribution in [0.2, 0.25) is 0 Å². The summed E-state index contributed by atoms with van der Waals surface area (Å²) in [6, 6.07) is 7.81. The molecule has 1 aromatic carbocycles. The van der Waals surface area contributed by atoms with Gasteiger partial charge in [0, 0.05) is 10.1 Å². The van der Waals surface area contributed by atoms with Crippen molar-refractivity contribution in [3.8, 4) is 6.07 Å². The maximum Gasteiger partial charge on any atom is 0.101 e. The molecule has 0 aromatic heterocycles. The second kappa shape index (κ2) is 4.59. The van der Waals surface area contributed by atoms with Gasteiger partial charge in [-0.1, -0.05) is 12.8 Å². The summed E-state index contributed by atoms with van der Waals surface area (Å²) in [6.45, 7) is 0. The maximum atomic E-state index is 8.76. The van der Waals surface area contributed by atoms with Crippen LogP contribution in [0.25, 0.3) is 0 Å². The molecule has 0 bridgehead atoms. The molecule has 0 heterocycles. The summed E-state index contributed by atoms with van der Waals surface area (Å²) >= 11 is 1.90. The van der Waals surface area contributed by atoms with Gasteiger partial charge >= 0.3 is 0 Å². The van der Waals surface area contributed by atoms with E-state index in [1.165, 1.54) is 30.6 Å². The molecule has 1 saturated carbocycles. The predicted octanol–water partition coefficient (Wildman–Crippen LogP) is 3.18. The van der Waals surface area contributed by atoms with Crippen LogP contribution in [0.4, 0.5) is 5.69 Å². The number of benzene rings is 1. The van der Waals surface area contributed by atoms with Crippen LogP contribution in [0.5, 0.6) is 0 Å². The minimum atomic E-state index is 0.575. The number of anilines is 1. The summed E-state index contributed by atoms with van der Waals surface area (Å²) in [5.74, 6) is 0. The Kier molecular flexibility index (Phi) is 3.17. The molecule has 0 atom stereocenters. The number of rotatable bonds is 2. The molecule has 2 nitrogen and oxygen atoms in total. The molecule has 0 amide bonds. The SMILES string of the molecule is N#Cc1ccc(SC2CCCC2)cc1N. The molecule has 0 unspecified atom stereocenters. The lowest BCUT2D eigenvalue weighted by atomic mass is 10.2. The first-order valence-corrected chi connectivity index (χ1v) is 6.14. The van der Waals surface area contributed by atoms with E-state index in [1.807, 2.05) is 30.0 Å². The highest BCUT2D eigenvalue weighted by Gasteiger charge is 2.16. The van der Waals surface area contributed by atoms with Crippen LogP contribution in [-0.4, -0.2) is 5.25 Å². The average Bonchev–Trinajstić information content (AvgIpc) is 2.71. The van der Waals surface area contributed by atoms with E-state index in [1.54, 1.807) is 0 Å². The van der Waals surface area contributed by atoms with Gasteiger partial charge in [-0.3, -0.25) is 0 Å². The van der Waals surface area contributed by atoms with Crippen molar-refractivity contribution in [2.45, 2.75) is 35.8 Å². The number of nitriles is 1. The fourth-order valence-corrected chi connectivity index (χ4v) is 3.21. The third-order valence-corrected chi connectivity index (χ3v) is 4.08. The Morgan fingerprint density at radius 1 is 1.33 bits per heavy atom. The van der Waals surface area contributed by atoms with E-state index in [0.717, 1.165) is 5.25 Å². The Hall–Kier alpha value is -1.14. The van der Waals surface area contributed by atoms with Crippen LogP contribution < -0.4 is 5.73 Å². The number of hydrogen-bond acceptors (Lipinski definition) is 3. The Labute approximate surface area is 94.5 Å². The van der Waals surface area contributed by atoms with Crippen LogP contribution in [0.1, 0.15) is 31.2 Å². The van der Waals surface area contributed by atoms with Crippen molar-refractivity contribution in [3.63, 3.8) is 0 Å². The number of nitrogen functional groups attached to an aromatic ring is 1. The van der Waals surface area contributed by atoms with Gasteiger partial charge in [-0.05, 0) is 31.0 Å². The van der Waals surface area contributed by atoms with Crippen molar-refractivity contribution in [3.05, 3.63) is 23.8 Å². The zero-order valence-electron chi connectivity index (χ0n) is 8.57. The highest BCUT2D eigenvalue weighted by molar-refractivity contribution is 8.00. The molecule has 15 heavy (non-hydrogen) atoms. The molecule has 2 N–H and O–H groups in total. The Morgan fingerprint density at radius 3 is 2.67 bits per heavy atom. The van der Waals surface area contributed by atoms with E-state index in [9.17, 15) is 0 Å². The normalized spacial score (nSPS) is 16.5. The second-order valence-electron chi connectivity index (χ2n) is 3.89. The van der Waals surface area contributed by atoms with Gasteiger partial charge in [-0.15, -0.1) is 11.8 Å². The topological polar surface area (TPSA) is 49.8 Å². The van der Waals surface area contributed by atoms with Gasteiger partial charge in [0.25, 0.3) is 0 Å². The number of thioether (sulfide) groups is 1. The minimum absolute atomic E-state index is 0.575. The zero-order chi connectivity index (χ0) is 10.7.